The van der Waals surface area contributed by atoms with E-state index in [1.807, 2.05) is 4.90 Å². The van der Waals surface area contributed by atoms with Crippen LogP contribution in [0.1, 0.15) is 16.1 Å². The van der Waals surface area contributed by atoms with Gasteiger partial charge in [0.15, 0.2) is 5.76 Å². The first-order valence-corrected chi connectivity index (χ1v) is 8.30. The molecule has 24 heavy (non-hydrogen) atoms. The maximum atomic E-state index is 11.6. The maximum Gasteiger partial charge on any atom is 0.260 e. The van der Waals surface area contributed by atoms with Gasteiger partial charge in [-0.25, -0.2) is 9.97 Å². The number of hydrogen-bond donors (Lipinski definition) is 3. The minimum atomic E-state index is -0.578. The van der Waals surface area contributed by atoms with Crippen LogP contribution in [0.3, 0.4) is 0 Å². The van der Waals surface area contributed by atoms with E-state index in [1.165, 1.54) is 11.3 Å². The summed E-state index contributed by atoms with van der Waals surface area (Å²) < 4.78 is 5.49. The number of aromatic nitrogens is 2. The highest BCUT2D eigenvalue weighted by molar-refractivity contribution is 7.21. The van der Waals surface area contributed by atoms with Crippen LogP contribution in [-0.4, -0.2) is 35.0 Å². The van der Waals surface area contributed by atoms with Crippen LogP contribution in [0.5, 0.6) is 0 Å². The maximum absolute atomic E-state index is 11.6. The number of amides is 1. The van der Waals surface area contributed by atoms with Gasteiger partial charge in [0, 0.05) is 19.1 Å². The van der Waals surface area contributed by atoms with E-state index in [2.05, 4.69) is 9.97 Å². The monoisotopic (exact) mass is 344 g/mol. The van der Waals surface area contributed by atoms with E-state index < -0.39 is 5.91 Å². The number of nitrogens with two attached hydrogens (primary N) is 3. The average Bonchev–Trinajstić information content (AvgIpc) is 3.26. The van der Waals surface area contributed by atoms with Gasteiger partial charge >= 0.3 is 0 Å². The first-order valence-electron chi connectivity index (χ1n) is 7.49. The van der Waals surface area contributed by atoms with Crippen LogP contribution in [0, 0.1) is 0 Å². The molecule has 4 heterocycles. The van der Waals surface area contributed by atoms with E-state index in [0.29, 0.717) is 39.9 Å². The fraction of sp³-hybridized carbons (Fsp3) is 0.267. The van der Waals surface area contributed by atoms with Crippen LogP contribution >= 0.6 is 11.3 Å². The van der Waals surface area contributed by atoms with E-state index in [1.54, 1.807) is 18.4 Å². The van der Waals surface area contributed by atoms with E-state index in [4.69, 9.17) is 21.6 Å². The lowest BCUT2D eigenvalue weighted by molar-refractivity contribution is 0.100. The van der Waals surface area contributed by atoms with Gasteiger partial charge in [0.05, 0.1) is 17.3 Å². The lowest BCUT2D eigenvalue weighted by Crippen LogP contribution is -2.27. The molecule has 0 aliphatic carbocycles. The number of anilines is 2. The molecule has 1 fully saturated rings. The van der Waals surface area contributed by atoms with Crippen molar-refractivity contribution in [3.05, 3.63) is 23.3 Å². The third-order valence-corrected chi connectivity index (χ3v) is 5.18. The van der Waals surface area contributed by atoms with Crippen LogP contribution in [0.2, 0.25) is 0 Å². The topological polar surface area (TPSA) is 137 Å². The molecule has 4 rings (SSSR count). The number of hydrogen-bond acceptors (Lipinski definition) is 8. The Labute approximate surface area is 141 Å². The second-order valence-electron chi connectivity index (χ2n) is 5.73. The summed E-state index contributed by atoms with van der Waals surface area (Å²) in [6, 6.07) is 3.67. The Bertz CT molecular complexity index is 920. The molecule has 1 aliphatic rings. The average molecular weight is 344 g/mol. The lowest BCUT2D eigenvalue weighted by atomic mass is 10.2. The molecule has 1 amide bonds. The molecule has 0 spiro atoms. The standard InChI is InChI=1S/C15H16N6O2S/c16-7-3-4-21(6-7)15-19-11(8-2-1-5-23-8)9-10(17)12(13(18)22)24-14(9)20-15/h1-2,5,7H,3-4,6,16-17H2,(H2,18,22). The van der Waals surface area contributed by atoms with Gasteiger partial charge in [-0.15, -0.1) is 11.3 Å². The normalized spacial score (nSPS) is 17.7. The summed E-state index contributed by atoms with van der Waals surface area (Å²) in [5.74, 6) is 0.539. The molecule has 0 saturated carbocycles. The number of fused-ring (bicyclic) bond motifs is 1. The van der Waals surface area contributed by atoms with Crippen molar-refractivity contribution in [3.8, 4) is 11.5 Å². The quantitative estimate of drug-likeness (QED) is 0.648. The largest absolute Gasteiger partial charge is 0.463 e. The Balaban J connectivity index is 1.96. The molecule has 124 valence electrons. The summed E-state index contributed by atoms with van der Waals surface area (Å²) in [4.78, 5) is 23.7. The first-order chi connectivity index (χ1) is 11.5. The zero-order valence-corrected chi connectivity index (χ0v) is 13.5. The minimum Gasteiger partial charge on any atom is -0.463 e. The predicted molar refractivity (Wildman–Crippen MR) is 92.9 cm³/mol. The third kappa shape index (κ3) is 2.29. The summed E-state index contributed by atoms with van der Waals surface area (Å²) in [5.41, 5.74) is 18.4. The van der Waals surface area contributed by atoms with Crippen molar-refractivity contribution in [2.24, 2.45) is 11.5 Å². The molecule has 3 aromatic rings. The van der Waals surface area contributed by atoms with Gasteiger partial charge in [-0.2, -0.15) is 0 Å². The Morgan fingerprint density at radius 1 is 1.42 bits per heavy atom. The zero-order valence-electron chi connectivity index (χ0n) is 12.7. The Morgan fingerprint density at radius 2 is 2.25 bits per heavy atom. The summed E-state index contributed by atoms with van der Waals surface area (Å²) in [7, 11) is 0. The molecule has 1 aliphatic heterocycles. The van der Waals surface area contributed by atoms with E-state index in [0.717, 1.165) is 13.0 Å². The summed E-state index contributed by atoms with van der Waals surface area (Å²) in [6.45, 7) is 1.47. The summed E-state index contributed by atoms with van der Waals surface area (Å²) in [5, 5.41) is 0.594. The molecule has 0 aromatic carbocycles. The molecule has 0 bridgehead atoms. The van der Waals surface area contributed by atoms with Crippen molar-refractivity contribution in [2.45, 2.75) is 12.5 Å². The van der Waals surface area contributed by atoms with E-state index in [9.17, 15) is 4.79 Å². The van der Waals surface area contributed by atoms with Crippen molar-refractivity contribution in [2.75, 3.05) is 23.7 Å². The zero-order chi connectivity index (χ0) is 16.8. The Kier molecular flexibility index (Phi) is 3.39. The van der Waals surface area contributed by atoms with Crippen LogP contribution < -0.4 is 22.1 Å². The van der Waals surface area contributed by atoms with Crippen molar-refractivity contribution >= 4 is 39.1 Å². The van der Waals surface area contributed by atoms with Gasteiger partial charge in [0.1, 0.15) is 15.4 Å². The molecule has 9 heteroatoms. The van der Waals surface area contributed by atoms with Crippen LogP contribution in [-0.2, 0) is 0 Å². The number of thiophene rings is 1. The molecule has 0 radical (unpaired) electrons. The Morgan fingerprint density at radius 3 is 2.88 bits per heavy atom. The minimum absolute atomic E-state index is 0.103. The van der Waals surface area contributed by atoms with Gasteiger partial charge in [0.25, 0.3) is 5.91 Å². The van der Waals surface area contributed by atoms with Gasteiger partial charge in [-0.05, 0) is 18.6 Å². The fourth-order valence-corrected chi connectivity index (χ4v) is 3.84. The van der Waals surface area contributed by atoms with E-state index >= 15 is 0 Å². The number of furan rings is 1. The first kappa shape index (κ1) is 14.9. The highest BCUT2D eigenvalue weighted by Gasteiger charge is 2.26. The molecule has 8 nitrogen and oxygen atoms in total. The molecular formula is C15H16N6O2S. The van der Waals surface area contributed by atoms with Crippen LogP contribution in [0.4, 0.5) is 11.6 Å². The Hall–Kier alpha value is -2.65. The smallest absolute Gasteiger partial charge is 0.260 e. The summed E-state index contributed by atoms with van der Waals surface area (Å²) in [6.07, 6.45) is 2.45. The second-order valence-corrected chi connectivity index (χ2v) is 6.73. The van der Waals surface area contributed by atoms with Gasteiger partial charge < -0.3 is 26.5 Å². The number of carbonyl (C=O) groups excluding carboxylic acids is 1. The number of nitrogens with zero attached hydrogens (tertiary/aromatic N) is 3. The van der Waals surface area contributed by atoms with Crippen LogP contribution in [0.15, 0.2) is 22.8 Å². The SMILES string of the molecule is NC(=O)c1sc2nc(N3CCC(N)C3)nc(-c3ccco3)c2c1N. The number of nitrogen functional groups attached to an aromatic ring is 1. The van der Waals surface area contributed by atoms with Gasteiger partial charge in [-0.3, -0.25) is 4.79 Å². The second kappa shape index (κ2) is 5.46. The number of rotatable bonds is 3. The van der Waals surface area contributed by atoms with Gasteiger partial charge in [-0.1, -0.05) is 0 Å². The highest BCUT2D eigenvalue weighted by atomic mass is 32.1. The molecule has 1 atom stereocenters. The fourth-order valence-electron chi connectivity index (χ4n) is 2.90. The van der Waals surface area contributed by atoms with Crippen molar-refractivity contribution in [3.63, 3.8) is 0 Å². The van der Waals surface area contributed by atoms with Crippen molar-refractivity contribution < 1.29 is 9.21 Å². The highest BCUT2D eigenvalue weighted by Crippen LogP contribution is 2.39. The lowest BCUT2D eigenvalue weighted by Gasteiger charge is -2.16. The van der Waals surface area contributed by atoms with E-state index in [-0.39, 0.29) is 10.9 Å². The number of carbonyl (C=O) groups is 1. The number of primary amides is 1. The van der Waals surface area contributed by atoms with Crippen molar-refractivity contribution in [1.82, 2.24) is 9.97 Å². The molecule has 6 N–H and O–H groups in total. The molecule has 1 unspecified atom stereocenters. The summed E-state index contributed by atoms with van der Waals surface area (Å²) >= 11 is 1.17. The van der Waals surface area contributed by atoms with Crippen LogP contribution in [0.25, 0.3) is 21.7 Å². The predicted octanol–water partition coefficient (Wildman–Crippen LogP) is 1.17. The molecule has 1 saturated heterocycles. The molecular weight excluding hydrogens is 328 g/mol. The molecule has 3 aromatic heterocycles. The van der Waals surface area contributed by atoms with Gasteiger partial charge in [0.2, 0.25) is 5.95 Å². The van der Waals surface area contributed by atoms with Crippen molar-refractivity contribution in [1.29, 1.82) is 0 Å². The third-order valence-electron chi connectivity index (χ3n) is 4.06.